The van der Waals surface area contributed by atoms with Crippen molar-refractivity contribution in [2.45, 2.75) is 13.5 Å². The van der Waals surface area contributed by atoms with Gasteiger partial charge in [-0.15, -0.1) is 0 Å². The van der Waals surface area contributed by atoms with Crippen molar-refractivity contribution in [2.75, 3.05) is 33.9 Å². The number of esters is 1. The largest absolute Gasteiger partial charge is 0.469 e. The van der Waals surface area contributed by atoms with E-state index in [1.54, 1.807) is 7.11 Å². The fraction of sp³-hybridized carbons (Fsp3) is 0.533. The molecule has 0 amide bonds. The van der Waals surface area contributed by atoms with E-state index >= 15 is 0 Å². The molecule has 106 valence electrons. The Morgan fingerprint density at radius 2 is 1.95 bits per heavy atom. The number of hydrogen-bond acceptors (Lipinski definition) is 4. The summed E-state index contributed by atoms with van der Waals surface area (Å²) in [6.45, 7) is 4.82. The Balaban J connectivity index is 2.58. The van der Waals surface area contributed by atoms with Crippen LogP contribution in [0.25, 0.3) is 0 Å². The number of ether oxygens (including phenoxy) is 2. The molecule has 0 saturated heterocycles. The van der Waals surface area contributed by atoms with Crippen molar-refractivity contribution in [3.05, 3.63) is 35.9 Å². The molecule has 4 nitrogen and oxygen atoms in total. The van der Waals surface area contributed by atoms with Gasteiger partial charge in [-0.05, 0) is 5.56 Å². The smallest absolute Gasteiger partial charge is 0.309 e. The number of benzene rings is 1. The number of methoxy groups -OCH3 is 2. The molecule has 0 saturated carbocycles. The third-order valence-corrected chi connectivity index (χ3v) is 3.00. The summed E-state index contributed by atoms with van der Waals surface area (Å²) < 4.78 is 9.89. The van der Waals surface area contributed by atoms with E-state index in [-0.39, 0.29) is 11.9 Å². The van der Waals surface area contributed by atoms with Gasteiger partial charge >= 0.3 is 5.97 Å². The van der Waals surface area contributed by atoms with Crippen molar-refractivity contribution in [3.8, 4) is 0 Å². The number of carbonyl (C=O) groups excluding carboxylic acids is 1. The molecule has 0 aliphatic rings. The fourth-order valence-corrected chi connectivity index (χ4v) is 1.96. The first-order valence-electron chi connectivity index (χ1n) is 6.50. The molecule has 1 aromatic carbocycles. The van der Waals surface area contributed by atoms with Gasteiger partial charge < -0.3 is 9.47 Å². The summed E-state index contributed by atoms with van der Waals surface area (Å²) in [6.07, 6.45) is 0. The molecule has 0 spiro atoms. The van der Waals surface area contributed by atoms with Crippen molar-refractivity contribution in [1.82, 2.24) is 4.90 Å². The van der Waals surface area contributed by atoms with Crippen LogP contribution in [0.3, 0.4) is 0 Å². The summed E-state index contributed by atoms with van der Waals surface area (Å²) in [5.74, 6) is -0.305. The van der Waals surface area contributed by atoms with E-state index in [1.807, 2.05) is 25.1 Å². The minimum Gasteiger partial charge on any atom is -0.469 e. The first-order valence-corrected chi connectivity index (χ1v) is 6.50. The summed E-state index contributed by atoms with van der Waals surface area (Å²) >= 11 is 0. The maximum Gasteiger partial charge on any atom is 0.309 e. The lowest BCUT2D eigenvalue weighted by Crippen LogP contribution is -2.34. The Morgan fingerprint density at radius 1 is 1.26 bits per heavy atom. The predicted molar refractivity (Wildman–Crippen MR) is 74.8 cm³/mol. The fourth-order valence-electron chi connectivity index (χ4n) is 1.96. The molecule has 0 bridgehead atoms. The van der Waals surface area contributed by atoms with E-state index in [4.69, 9.17) is 9.47 Å². The van der Waals surface area contributed by atoms with Crippen LogP contribution < -0.4 is 0 Å². The summed E-state index contributed by atoms with van der Waals surface area (Å²) in [6, 6.07) is 10.2. The first kappa shape index (κ1) is 15.7. The highest BCUT2D eigenvalue weighted by Crippen LogP contribution is 2.08. The third kappa shape index (κ3) is 5.85. The van der Waals surface area contributed by atoms with Crippen molar-refractivity contribution in [2.24, 2.45) is 5.92 Å². The number of rotatable bonds is 8. The van der Waals surface area contributed by atoms with Gasteiger partial charge in [0.15, 0.2) is 0 Å². The standard InChI is InChI=1S/C15H23NO3/c1-13(15(17)19-3)11-16(9-10-18-2)12-14-7-5-4-6-8-14/h4-8,13H,9-12H2,1-3H3/t13-/m1/s1. The highest BCUT2D eigenvalue weighted by Gasteiger charge is 2.17. The van der Waals surface area contributed by atoms with Gasteiger partial charge in [-0.2, -0.15) is 0 Å². The highest BCUT2D eigenvalue weighted by molar-refractivity contribution is 5.72. The Kier molecular flexibility index (Phi) is 7.15. The summed E-state index contributed by atoms with van der Waals surface area (Å²) in [7, 11) is 3.11. The zero-order valence-corrected chi connectivity index (χ0v) is 12.0. The summed E-state index contributed by atoms with van der Waals surface area (Å²) in [5, 5.41) is 0. The molecule has 0 fully saturated rings. The van der Waals surface area contributed by atoms with Crippen LogP contribution in [0.1, 0.15) is 12.5 Å². The van der Waals surface area contributed by atoms with Crippen LogP contribution in [0.4, 0.5) is 0 Å². The number of nitrogens with zero attached hydrogens (tertiary/aromatic N) is 1. The molecule has 1 rings (SSSR count). The minimum atomic E-state index is -0.171. The predicted octanol–water partition coefficient (Wildman–Crippen LogP) is 1.94. The zero-order chi connectivity index (χ0) is 14.1. The van der Waals surface area contributed by atoms with Crippen LogP contribution in [0, 0.1) is 5.92 Å². The molecule has 0 aliphatic carbocycles. The monoisotopic (exact) mass is 265 g/mol. The average molecular weight is 265 g/mol. The molecule has 1 atom stereocenters. The van der Waals surface area contributed by atoms with Gasteiger partial charge in [0.25, 0.3) is 0 Å². The van der Waals surface area contributed by atoms with Crippen LogP contribution in [-0.2, 0) is 20.8 Å². The van der Waals surface area contributed by atoms with Gasteiger partial charge in [0.1, 0.15) is 0 Å². The quantitative estimate of drug-likeness (QED) is 0.673. The molecule has 0 N–H and O–H groups in total. The van der Waals surface area contributed by atoms with E-state index in [0.717, 1.165) is 13.1 Å². The van der Waals surface area contributed by atoms with Gasteiger partial charge in [-0.3, -0.25) is 9.69 Å². The van der Waals surface area contributed by atoms with Gasteiger partial charge in [0.05, 0.1) is 19.6 Å². The van der Waals surface area contributed by atoms with Crippen molar-refractivity contribution < 1.29 is 14.3 Å². The van der Waals surface area contributed by atoms with Crippen molar-refractivity contribution in [1.29, 1.82) is 0 Å². The summed E-state index contributed by atoms with van der Waals surface area (Å²) in [5.41, 5.74) is 1.23. The highest BCUT2D eigenvalue weighted by atomic mass is 16.5. The number of hydrogen-bond donors (Lipinski definition) is 0. The molecule has 0 heterocycles. The van der Waals surface area contributed by atoms with Crippen molar-refractivity contribution in [3.63, 3.8) is 0 Å². The zero-order valence-electron chi connectivity index (χ0n) is 12.0. The molecule has 0 aliphatic heterocycles. The van der Waals surface area contributed by atoms with Gasteiger partial charge in [-0.25, -0.2) is 0 Å². The molecule has 0 radical (unpaired) electrons. The van der Waals surface area contributed by atoms with Gasteiger partial charge in [-0.1, -0.05) is 37.3 Å². The average Bonchev–Trinajstić information content (AvgIpc) is 2.44. The van der Waals surface area contributed by atoms with Crippen LogP contribution in [0.15, 0.2) is 30.3 Å². The Labute approximate surface area is 115 Å². The molecule has 0 unspecified atom stereocenters. The maximum absolute atomic E-state index is 11.5. The number of carbonyl (C=O) groups is 1. The van der Waals surface area contributed by atoms with E-state index in [2.05, 4.69) is 17.0 Å². The summed E-state index contributed by atoms with van der Waals surface area (Å²) in [4.78, 5) is 13.7. The third-order valence-electron chi connectivity index (χ3n) is 3.00. The molecule has 1 aromatic rings. The lowest BCUT2D eigenvalue weighted by molar-refractivity contribution is -0.145. The Morgan fingerprint density at radius 3 is 2.53 bits per heavy atom. The van der Waals surface area contributed by atoms with Crippen LogP contribution >= 0.6 is 0 Å². The van der Waals surface area contributed by atoms with Crippen molar-refractivity contribution >= 4 is 5.97 Å². The second-order valence-electron chi connectivity index (χ2n) is 4.64. The Bertz CT molecular complexity index is 367. The van der Waals surface area contributed by atoms with Gasteiger partial charge in [0.2, 0.25) is 0 Å². The molecular weight excluding hydrogens is 242 g/mol. The molecule has 4 heteroatoms. The lowest BCUT2D eigenvalue weighted by atomic mass is 10.1. The molecular formula is C15H23NO3. The van der Waals surface area contributed by atoms with E-state index in [1.165, 1.54) is 12.7 Å². The first-order chi connectivity index (χ1) is 9.17. The van der Waals surface area contributed by atoms with E-state index in [0.29, 0.717) is 13.2 Å². The van der Waals surface area contributed by atoms with Crippen LogP contribution in [0.5, 0.6) is 0 Å². The SMILES string of the molecule is COCCN(Cc1ccccc1)C[C@@H](C)C(=O)OC. The molecule has 19 heavy (non-hydrogen) atoms. The van der Waals surface area contributed by atoms with Crippen LogP contribution in [0.2, 0.25) is 0 Å². The lowest BCUT2D eigenvalue weighted by Gasteiger charge is -2.24. The normalized spacial score (nSPS) is 12.4. The van der Waals surface area contributed by atoms with Crippen LogP contribution in [-0.4, -0.2) is 44.8 Å². The van der Waals surface area contributed by atoms with Gasteiger partial charge in [0, 0.05) is 26.7 Å². The van der Waals surface area contributed by atoms with E-state index < -0.39 is 0 Å². The second-order valence-corrected chi connectivity index (χ2v) is 4.64. The second kappa shape index (κ2) is 8.67. The molecule has 0 aromatic heterocycles. The van der Waals surface area contributed by atoms with E-state index in [9.17, 15) is 4.79 Å². The topological polar surface area (TPSA) is 38.8 Å². The Hall–Kier alpha value is -1.39. The maximum atomic E-state index is 11.5. The minimum absolute atomic E-state index is 0.134.